The second-order valence-corrected chi connectivity index (χ2v) is 15.2. The number of fused-ring (bicyclic) bond motifs is 1. The third-order valence-corrected chi connectivity index (χ3v) is 11.7. The lowest BCUT2D eigenvalue weighted by Crippen LogP contribution is -2.63. The van der Waals surface area contributed by atoms with Crippen LogP contribution in [-0.2, 0) is 25.3 Å². The zero-order chi connectivity index (χ0) is 24.7. The van der Waals surface area contributed by atoms with Crippen LogP contribution in [0.4, 0.5) is 0 Å². The van der Waals surface area contributed by atoms with Crippen molar-refractivity contribution in [1.82, 2.24) is 14.7 Å². The zero-order valence-electron chi connectivity index (χ0n) is 20.8. The van der Waals surface area contributed by atoms with Crippen LogP contribution in [0.1, 0.15) is 45.5 Å². The van der Waals surface area contributed by atoms with E-state index in [4.69, 9.17) is 9.16 Å². The van der Waals surface area contributed by atoms with Gasteiger partial charge in [0.15, 0.2) is 8.32 Å². The van der Waals surface area contributed by atoms with Crippen LogP contribution in [0.25, 0.3) is 5.57 Å². The molecular formula is C24H37N3O5Si. The molecule has 3 rings (SSSR count). The fourth-order valence-electron chi connectivity index (χ4n) is 4.37. The lowest BCUT2D eigenvalue weighted by atomic mass is 9.83. The first kappa shape index (κ1) is 25.4. The largest absolute Gasteiger partial charge is 0.457 e. The minimum absolute atomic E-state index is 0.0313. The number of amides is 1. The average Bonchev–Trinajstić information content (AvgIpc) is 3.23. The molecule has 0 bridgehead atoms. The monoisotopic (exact) mass is 475 g/mol. The van der Waals surface area contributed by atoms with Gasteiger partial charge in [0, 0.05) is 11.3 Å². The van der Waals surface area contributed by atoms with E-state index in [1.54, 1.807) is 9.58 Å². The molecule has 33 heavy (non-hydrogen) atoms. The van der Waals surface area contributed by atoms with Gasteiger partial charge in [0.25, 0.3) is 0 Å². The van der Waals surface area contributed by atoms with Gasteiger partial charge < -0.3 is 19.2 Å². The number of nitrogens with zero attached hydrogens (tertiary/aromatic N) is 3. The summed E-state index contributed by atoms with van der Waals surface area (Å²) in [4.78, 5) is 27.8. The quantitative estimate of drug-likeness (QED) is 0.255. The van der Waals surface area contributed by atoms with Crippen molar-refractivity contribution in [2.45, 2.75) is 77.9 Å². The van der Waals surface area contributed by atoms with Crippen molar-refractivity contribution in [2.24, 2.45) is 5.92 Å². The van der Waals surface area contributed by atoms with Crippen molar-refractivity contribution in [1.29, 1.82) is 0 Å². The van der Waals surface area contributed by atoms with Gasteiger partial charge in [0.1, 0.15) is 12.3 Å². The Bertz CT molecular complexity index is 975. The SMILES string of the molecule is C=CCOC(=O)C1=C(c2cc(C)n(CCO)n2)C[C@@H]2[C@@H]([C@@H](C)O[Si](C)(C)C(C)(C)C)C(=O)N12. The third-order valence-electron chi connectivity index (χ3n) is 7.13. The second kappa shape index (κ2) is 9.19. The normalized spacial score (nSPS) is 21.7. The summed E-state index contributed by atoms with van der Waals surface area (Å²) in [5.74, 6) is -0.982. The number of aliphatic hydroxyl groups excluding tert-OH is 1. The molecule has 0 aromatic carbocycles. The number of aliphatic hydroxyl groups is 1. The van der Waals surface area contributed by atoms with Crippen molar-refractivity contribution >= 4 is 25.8 Å². The Hall–Kier alpha value is -2.23. The number of carbonyl (C=O) groups excluding carboxylic acids is 2. The fourth-order valence-corrected chi connectivity index (χ4v) is 5.80. The van der Waals surface area contributed by atoms with Crippen LogP contribution >= 0.6 is 0 Å². The Morgan fingerprint density at radius 3 is 2.67 bits per heavy atom. The highest BCUT2D eigenvalue weighted by Crippen LogP contribution is 2.48. The smallest absolute Gasteiger partial charge is 0.355 e. The molecule has 0 saturated carbocycles. The van der Waals surface area contributed by atoms with Crippen LogP contribution < -0.4 is 0 Å². The van der Waals surface area contributed by atoms with E-state index in [1.807, 2.05) is 19.9 Å². The van der Waals surface area contributed by atoms with E-state index < -0.39 is 14.3 Å². The van der Waals surface area contributed by atoms with E-state index in [2.05, 4.69) is 45.5 Å². The number of ether oxygens (including phenoxy) is 1. The summed E-state index contributed by atoms with van der Waals surface area (Å²) in [7, 11) is -2.06. The van der Waals surface area contributed by atoms with Crippen LogP contribution in [0, 0.1) is 12.8 Å². The van der Waals surface area contributed by atoms with Crippen LogP contribution in [0.2, 0.25) is 18.1 Å². The molecule has 0 aliphatic carbocycles. The molecule has 0 radical (unpaired) electrons. The minimum Gasteiger partial charge on any atom is -0.457 e. The number of hydrogen-bond acceptors (Lipinski definition) is 6. The molecule has 3 atom stereocenters. The predicted molar refractivity (Wildman–Crippen MR) is 129 cm³/mol. The molecule has 2 aliphatic rings. The maximum absolute atomic E-state index is 13.3. The zero-order valence-corrected chi connectivity index (χ0v) is 21.8. The van der Waals surface area contributed by atoms with Gasteiger partial charge in [-0.25, -0.2) is 4.79 Å². The molecule has 1 aromatic heterocycles. The highest BCUT2D eigenvalue weighted by atomic mass is 28.4. The summed E-state index contributed by atoms with van der Waals surface area (Å²) in [5, 5.41) is 13.9. The van der Waals surface area contributed by atoms with Crippen LogP contribution in [0.5, 0.6) is 0 Å². The lowest BCUT2D eigenvalue weighted by molar-refractivity contribution is -0.161. The van der Waals surface area contributed by atoms with E-state index in [1.165, 1.54) is 6.08 Å². The Morgan fingerprint density at radius 2 is 2.09 bits per heavy atom. The van der Waals surface area contributed by atoms with Crippen LogP contribution in [-0.4, -0.2) is 65.3 Å². The van der Waals surface area contributed by atoms with Gasteiger partial charge >= 0.3 is 5.97 Å². The van der Waals surface area contributed by atoms with Gasteiger partial charge in [-0.1, -0.05) is 33.4 Å². The van der Waals surface area contributed by atoms with Crippen molar-refractivity contribution in [2.75, 3.05) is 13.2 Å². The summed E-state index contributed by atoms with van der Waals surface area (Å²) in [6, 6.07) is 1.72. The minimum atomic E-state index is -2.06. The molecule has 0 unspecified atom stereocenters. The Labute approximate surface area is 197 Å². The van der Waals surface area contributed by atoms with E-state index >= 15 is 0 Å². The van der Waals surface area contributed by atoms with E-state index in [0.29, 0.717) is 24.2 Å². The van der Waals surface area contributed by atoms with Crippen LogP contribution in [0.15, 0.2) is 24.4 Å². The molecule has 1 N–H and O–H groups in total. The third kappa shape index (κ3) is 4.58. The van der Waals surface area contributed by atoms with Crippen LogP contribution in [0.3, 0.4) is 0 Å². The molecule has 2 aliphatic heterocycles. The van der Waals surface area contributed by atoms with E-state index in [-0.39, 0.29) is 47.9 Å². The maximum Gasteiger partial charge on any atom is 0.355 e. The molecule has 8 nitrogen and oxygen atoms in total. The second-order valence-electron chi connectivity index (χ2n) is 10.4. The summed E-state index contributed by atoms with van der Waals surface area (Å²) >= 11 is 0. The molecule has 1 fully saturated rings. The van der Waals surface area contributed by atoms with Crippen molar-refractivity contribution in [3.05, 3.63) is 35.8 Å². The average molecular weight is 476 g/mol. The molecular weight excluding hydrogens is 438 g/mol. The first-order chi connectivity index (χ1) is 15.3. The molecule has 9 heteroatoms. The number of β-lactam (4-membered cyclic amide) rings is 1. The number of rotatable bonds is 9. The van der Waals surface area contributed by atoms with Gasteiger partial charge in [0.2, 0.25) is 5.91 Å². The van der Waals surface area contributed by atoms with Gasteiger partial charge in [-0.2, -0.15) is 5.10 Å². The molecule has 3 heterocycles. The fraction of sp³-hybridized carbons (Fsp3) is 0.625. The Morgan fingerprint density at radius 1 is 1.42 bits per heavy atom. The molecule has 182 valence electrons. The van der Waals surface area contributed by atoms with E-state index in [0.717, 1.165) is 5.69 Å². The van der Waals surface area contributed by atoms with Crippen molar-refractivity contribution < 1.29 is 23.9 Å². The van der Waals surface area contributed by atoms with Crippen molar-refractivity contribution in [3.63, 3.8) is 0 Å². The Kier molecular flexibility index (Phi) is 7.07. The van der Waals surface area contributed by atoms with Crippen molar-refractivity contribution in [3.8, 4) is 0 Å². The number of esters is 1. The standard InChI is InChI=1S/C24H37N3O5Si/c1-9-12-31-23(30)21-17(18-13-15(2)26(25-18)10-11-28)14-19-20(22(29)27(19)21)16(3)32-33(7,8)24(4,5)6/h9,13,16,19-20,28H,1,10-12,14H2,2-8H3/t16-,19-,20-/m1/s1. The highest BCUT2D eigenvalue weighted by molar-refractivity contribution is 6.74. The van der Waals surface area contributed by atoms with Gasteiger partial charge in [-0.05, 0) is 44.5 Å². The molecule has 1 aromatic rings. The first-order valence-electron chi connectivity index (χ1n) is 11.5. The molecule has 1 amide bonds. The predicted octanol–water partition coefficient (Wildman–Crippen LogP) is 3.27. The summed E-state index contributed by atoms with van der Waals surface area (Å²) in [6.45, 7) is 18.7. The van der Waals surface area contributed by atoms with E-state index in [9.17, 15) is 14.7 Å². The lowest BCUT2D eigenvalue weighted by Gasteiger charge is -2.48. The summed E-state index contributed by atoms with van der Waals surface area (Å²) in [6.07, 6.45) is 1.76. The number of aromatic nitrogens is 2. The molecule has 1 saturated heterocycles. The number of carbonyl (C=O) groups is 2. The number of hydrogen-bond donors (Lipinski definition) is 1. The number of aryl methyl sites for hydroxylation is 1. The van der Waals surface area contributed by atoms with Gasteiger partial charge in [0.05, 0.1) is 36.9 Å². The topological polar surface area (TPSA) is 93.9 Å². The first-order valence-corrected chi connectivity index (χ1v) is 14.4. The Balaban J connectivity index is 1.92. The maximum atomic E-state index is 13.3. The van der Waals surface area contributed by atoms with Gasteiger partial charge in [-0.15, -0.1) is 0 Å². The summed E-state index contributed by atoms with van der Waals surface area (Å²) in [5.41, 5.74) is 2.46. The highest BCUT2D eigenvalue weighted by Gasteiger charge is 2.58. The molecule has 0 spiro atoms. The summed E-state index contributed by atoms with van der Waals surface area (Å²) < 4.78 is 13.6. The van der Waals surface area contributed by atoms with Gasteiger partial charge in [-0.3, -0.25) is 9.48 Å².